The van der Waals surface area contributed by atoms with Crippen molar-refractivity contribution >= 4 is 11.4 Å². The van der Waals surface area contributed by atoms with E-state index < -0.39 is 0 Å². The van der Waals surface area contributed by atoms with Crippen molar-refractivity contribution < 1.29 is 9.84 Å². The highest BCUT2D eigenvalue weighted by Crippen LogP contribution is 2.23. The molecule has 3 rings (SSSR count). The highest BCUT2D eigenvalue weighted by molar-refractivity contribution is 5.53. The molecule has 0 bridgehead atoms. The van der Waals surface area contributed by atoms with Crippen molar-refractivity contribution in [2.75, 3.05) is 43.1 Å². The molecule has 1 N–H and O–H groups in total. The first-order chi connectivity index (χ1) is 10.3. The molecule has 0 aromatic heterocycles. The number of hydrogen-bond donors (Lipinski definition) is 1. The van der Waals surface area contributed by atoms with Crippen molar-refractivity contribution in [1.82, 2.24) is 0 Å². The number of anilines is 2. The van der Waals surface area contributed by atoms with E-state index in [0.717, 1.165) is 31.9 Å². The van der Waals surface area contributed by atoms with Gasteiger partial charge in [0.05, 0.1) is 7.11 Å². The number of aromatic hydroxyl groups is 1. The number of hydrogen-bond acceptors (Lipinski definition) is 4. The molecule has 1 saturated heterocycles. The summed E-state index contributed by atoms with van der Waals surface area (Å²) >= 11 is 0. The summed E-state index contributed by atoms with van der Waals surface area (Å²) in [7, 11) is 1.69. The average Bonchev–Trinajstić information content (AvgIpc) is 2.56. The van der Waals surface area contributed by atoms with Crippen LogP contribution in [0.3, 0.4) is 0 Å². The van der Waals surface area contributed by atoms with Crippen LogP contribution in [0.4, 0.5) is 11.4 Å². The summed E-state index contributed by atoms with van der Waals surface area (Å²) in [6.07, 6.45) is 0. The van der Waals surface area contributed by atoms with Crippen molar-refractivity contribution in [3.63, 3.8) is 0 Å². The van der Waals surface area contributed by atoms with Crippen molar-refractivity contribution in [3.8, 4) is 11.5 Å². The second-order valence-electron chi connectivity index (χ2n) is 5.19. The summed E-state index contributed by atoms with van der Waals surface area (Å²) in [4.78, 5) is 4.73. The van der Waals surface area contributed by atoms with Gasteiger partial charge in [0.25, 0.3) is 0 Å². The van der Waals surface area contributed by atoms with Gasteiger partial charge in [-0.15, -0.1) is 0 Å². The third-order valence-electron chi connectivity index (χ3n) is 3.93. The van der Waals surface area contributed by atoms with Gasteiger partial charge in [-0.1, -0.05) is 0 Å². The molecule has 1 heterocycles. The highest BCUT2D eigenvalue weighted by Gasteiger charge is 2.17. The molecule has 1 fully saturated rings. The lowest BCUT2D eigenvalue weighted by molar-refractivity contribution is 0.415. The minimum atomic E-state index is 0.315. The molecule has 2 aromatic rings. The Bertz CT molecular complexity index is 573. The number of ether oxygens (including phenoxy) is 1. The van der Waals surface area contributed by atoms with Gasteiger partial charge in [0.15, 0.2) is 0 Å². The van der Waals surface area contributed by atoms with Gasteiger partial charge in [-0.2, -0.15) is 0 Å². The second kappa shape index (κ2) is 5.95. The number of piperazine rings is 1. The van der Waals surface area contributed by atoms with Crippen LogP contribution in [0.5, 0.6) is 11.5 Å². The van der Waals surface area contributed by atoms with Crippen molar-refractivity contribution in [1.29, 1.82) is 0 Å². The van der Waals surface area contributed by atoms with Gasteiger partial charge >= 0.3 is 0 Å². The molecule has 110 valence electrons. The molecule has 0 atom stereocenters. The van der Waals surface area contributed by atoms with E-state index in [-0.39, 0.29) is 0 Å². The van der Waals surface area contributed by atoms with Gasteiger partial charge < -0.3 is 19.6 Å². The topological polar surface area (TPSA) is 35.9 Å². The third-order valence-corrected chi connectivity index (χ3v) is 3.93. The zero-order valence-corrected chi connectivity index (χ0v) is 12.2. The average molecular weight is 284 g/mol. The number of nitrogens with zero attached hydrogens (tertiary/aromatic N) is 2. The van der Waals surface area contributed by atoms with Crippen LogP contribution in [0, 0.1) is 0 Å². The van der Waals surface area contributed by atoms with Gasteiger partial charge in [0, 0.05) is 37.6 Å². The van der Waals surface area contributed by atoms with E-state index in [2.05, 4.69) is 21.9 Å². The molecular formula is C17H20N2O2. The summed E-state index contributed by atoms with van der Waals surface area (Å²) in [5.41, 5.74) is 2.41. The lowest BCUT2D eigenvalue weighted by atomic mass is 10.2. The summed E-state index contributed by atoms with van der Waals surface area (Å²) in [5.74, 6) is 1.21. The molecule has 0 unspecified atom stereocenters. The summed E-state index contributed by atoms with van der Waals surface area (Å²) in [5, 5.41) is 9.35. The number of phenolic OH excluding ortho intramolecular Hbond substituents is 1. The van der Waals surface area contributed by atoms with Gasteiger partial charge in [0.1, 0.15) is 11.5 Å². The molecule has 4 nitrogen and oxygen atoms in total. The Morgan fingerprint density at radius 3 is 1.62 bits per heavy atom. The largest absolute Gasteiger partial charge is 0.508 e. The van der Waals surface area contributed by atoms with Crippen LogP contribution < -0.4 is 14.5 Å². The van der Waals surface area contributed by atoms with Gasteiger partial charge in [-0.3, -0.25) is 0 Å². The standard InChI is InChI=1S/C17H20N2O2/c1-21-17-8-4-15(5-9-17)19-12-10-18(11-13-19)14-2-6-16(20)7-3-14/h2-9,20H,10-13H2,1H3. The predicted molar refractivity (Wildman–Crippen MR) is 85.5 cm³/mol. The van der Waals surface area contributed by atoms with Crippen molar-refractivity contribution in [3.05, 3.63) is 48.5 Å². The Morgan fingerprint density at radius 1 is 0.762 bits per heavy atom. The Kier molecular flexibility index (Phi) is 3.86. The van der Waals surface area contributed by atoms with Crippen molar-refractivity contribution in [2.45, 2.75) is 0 Å². The van der Waals surface area contributed by atoms with Crippen LogP contribution in [0.15, 0.2) is 48.5 Å². The Balaban J connectivity index is 1.62. The Morgan fingerprint density at radius 2 is 1.19 bits per heavy atom. The van der Waals surface area contributed by atoms with E-state index in [1.807, 2.05) is 24.3 Å². The van der Waals surface area contributed by atoms with E-state index in [4.69, 9.17) is 4.74 Å². The molecule has 0 aliphatic carbocycles. The lowest BCUT2D eigenvalue weighted by Crippen LogP contribution is -2.46. The van der Waals surface area contributed by atoms with Crippen LogP contribution in [-0.2, 0) is 0 Å². The second-order valence-corrected chi connectivity index (χ2v) is 5.19. The summed E-state index contributed by atoms with van der Waals surface area (Å²) in [6.45, 7) is 3.95. The smallest absolute Gasteiger partial charge is 0.119 e. The van der Waals surface area contributed by atoms with Crippen LogP contribution in [0.1, 0.15) is 0 Å². The fourth-order valence-corrected chi connectivity index (χ4v) is 2.68. The summed E-state index contributed by atoms with van der Waals surface area (Å²) in [6, 6.07) is 15.6. The predicted octanol–water partition coefficient (Wildman–Crippen LogP) is 2.73. The fraction of sp³-hybridized carbons (Fsp3) is 0.294. The Labute approximate surface area is 125 Å². The molecule has 0 saturated carbocycles. The zero-order valence-electron chi connectivity index (χ0n) is 12.2. The molecule has 1 aliphatic rings. The first kappa shape index (κ1) is 13.6. The monoisotopic (exact) mass is 284 g/mol. The molecule has 21 heavy (non-hydrogen) atoms. The maximum atomic E-state index is 9.35. The zero-order chi connectivity index (χ0) is 14.7. The maximum absolute atomic E-state index is 9.35. The SMILES string of the molecule is COc1ccc(N2CCN(c3ccc(O)cc3)CC2)cc1. The van der Waals surface area contributed by atoms with Crippen molar-refractivity contribution in [2.24, 2.45) is 0 Å². The van der Waals surface area contributed by atoms with Gasteiger partial charge in [-0.05, 0) is 48.5 Å². The van der Waals surface area contributed by atoms with E-state index in [9.17, 15) is 5.11 Å². The number of phenols is 1. The first-order valence-corrected chi connectivity index (χ1v) is 7.19. The molecule has 0 amide bonds. The third kappa shape index (κ3) is 3.05. The van der Waals surface area contributed by atoms with Crippen LogP contribution in [0.25, 0.3) is 0 Å². The molecule has 4 heteroatoms. The number of methoxy groups -OCH3 is 1. The molecular weight excluding hydrogens is 264 g/mol. The van der Waals surface area contributed by atoms with E-state index in [1.54, 1.807) is 19.2 Å². The molecule has 1 aliphatic heterocycles. The van der Waals surface area contributed by atoms with E-state index in [1.165, 1.54) is 11.4 Å². The Hall–Kier alpha value is -2.36. The van der Waals surface area contributed by atoms with E-state index in [0.29, 0.717) is 5.75 Å². The van der Waals surface area contributed by atoms with Gasteiger partial charge in [-0.25, -0.2) is 0 Å². The normalized spacial score (nSPS) is 15.1. The van der Waals surface area contributed by atoms with Crippen LogP contribution >= 0.6 is 0 Å². The maximum Gasteiger partial charge on any atom is 0.119 e. The minimum absolute atomic E-state index is 0.315. The molecule has 0 radical (unpaired) electrons. The summed E-state index contributed by atoms with van der Waals surface area (Å²) < 4.78 is 5.19. The van der Waals surface area contributed by atoms with Crippen LogP contribution in [0.2, 0.25) is 0 Å². The van der Waals surface area contributed by atoms with Gasteiger partial charge in [0.2, 0.25) is 0 Å². The minimum Gasteiger partial charge on any atom is -0.508 e. The first-order valence-electron chi connectivity index (χ1n) is 7.19. The number of rotatable bonds is 3. The number of benzene rings is 2. The lowest BCUT2D eigenvalue weighted by Gasteiger charge is -2.37. The molecule has 0 spiro atoms. The van der Waals surface area contributed by atoms with E-state index >= 15 is 0 Å². The molecule has 2 aromatic carbocycles. The van der Waals surface area contributed by atoms with Crippen LogP contribution in [-0.4, -0.2) is 38.4 Å². The highest BCUT2D eigenvalue weighted by atomic mass is 16.5. The quantitative estimate of drug-likeness (QED) is 0.940. The fourth-order valence-electron chi connectivity index (χ4n) is 2.68.